The van der Waals surface area contributed by atoms with E-state index in [1.807, 2.05) is 12.1 Å². The van der Waals surface area contributed by atoms with Gasteiger partial charge in [0, 0.05) is 55.4 Å². The van der Waals surface area contributed by atoms with E-state index in [1.54, 1.807) is 0 Å². The number of fused-ring (bicyclic) bond motifs is 11. The summed E-state index contributed by atoms with van der Waals surface area (Å²) >= 11 is 0. The number of nitrogens with zero attached hydrogens (tertiary/aromatic N) is 2. The van der Waals surface area contributed by atoms with Gasteiger partial charge in [0.25, 0.3) is 0 Å². The predicted molar refractivity (Wildman–Crippen MR) is 313 cm³/mol. The van der Waals surface area contributed by atoms with Crippen molar-refractivity contribution in [2.45, 2.75) is 44.9 Å². The second-order valence-electron chi connectivity index (χ2n) is 20.8. The molecule has 0 saturated carbocycles. The fraction of sp³-hybridized carbons (Fsp3) is 0.0986. The minimum atomic E-state index is -0.738. The summed E-state index contributed by atoms with van der Waals surface area (Å²) in [5, 5.41) is 6.75. The molecule has 1 aliphatic rings. The van der Waals surface area contributed by atoms with Crippen LogP contribution in [0.4, 0.5) is 34.1 Å². The first-order valence-corrected chi connectivity index (χ1v) is 26.3. The number of furan rings is 2. The molecular weight excluding hydrogens is 913 g/mol. The van der Waals surface area contributed by atoms with E-state index in [9.17, 15) is 0 Å². The summed E-state index contributed by atoms with van der Waals surface area (Å²) in [6.45, 7) is 9.03. The van der Waals surface area contributed by atoms with Crippen LogP contribution >= 0.6 is 0 Å². The van der Waals surface area contributed by atoms with Crippen LogP contribution in [0.3, 0.4) is 0 Å². The number of anilines is 6. The van der Waals surface area contributed by atoms with Crippen LogP contribution in [0.15, 0.2) is 251 Å². The van der Waals surface area contributed by atoms with E-state index in [-0.39, 0.29) is 0 Å². The van der Waals surface area contributed by atoms with Crippen LogP contribution in [0.2, 0.25) is 0 Å². The van der Waals surface area contributed by atoms with Gasteiger partial charge in [-0.2, -0.15) is 0 Å². The van der Waals surface area contributed by atoms with E-state index in [2.05, 4.69) is 268 Å². The van der Waals surface area contributed by atoms with Gasteiger partial charge in [-0.15, -0.1) is 0 Å². The van der Waals surface area contributed by atoms with Crippen molar-refractivity contribution in [1.29, 1.82) is 0 Å². The van der Waals surface area contributed by atoms with Crippen LogP contribution in [0.25, 0.3) is 65.8 Å². The van der Waals surface area contributed by atoms with Crippen LogP contribution in [-0.4, -0.2) is 0 Å². The Labute approximate surface area is 437 Å². The van der Waals surface area contributed by atoms with Gasteiger partial charge < -0.3 is 18.6 Å². The molecular formula is C71H54N2O2. The van der Waals surface area contributed by atoms with Gasteiger partial charge in [0.2, 0.25) is 0 Å². The lowest BCUT2D eigenvalue weighted by Gasteiger charge is -2.36. The topological polar surface area (TPSA) is 32.8 Å². The van der Waals surface area contributed by atoms with Crippen molar-refractivity contribution in [3.63, 3.8) is 0 Å². The van der Waals surface area contributed by atoms with Gasteiger partial charge in [-0.05, 0) is 153 Å². The molecule has 0 aliphatic heterocycles. The Balaban J connectivity index is 1.06. The average Bonchev–Trinajstić information content (AvgIpc) is 4.28. The zero-order valence-corrected chi connectivity index (χ0v) is 42.5. The highest BCUT2D eigenvalue weighted by Gasteiger charge is 2.48. The van der Waals surface area contributed by atoms with Crippen molar-refractivity contribution in [1.82, 2.24) is 0 Å². The molecule has 4 heteroatoms. The van der Waals surface area contributed by atoms with Gasteiger partial charge >= 0.3 is 0 Å². The van der Waals surface area contributed by atoms with Gasteiger partial charge in [-0.25, -0.2) is 0 Å². The molecule has 0 fully saturated rings. The van der Waals surface area contributed by atoms with E-state index in [0.29, 0.717) is 11.8 Å². The Bertz CT molecular complexity index is 4260. The van der Waals surface area contributed by atoms with Crippen molar-refractivity contribution in [3.8, 4) is 11.1 Å². The highest BCUT2D eigenvalue weighted by atomic mass is 16.3. The molecule has 13 aromatic rings. The molecule has 1 aliphatic carbocycles. The Hall–Kier alpha value is -9.12. The van der Waals surface area contributed by atoms with Crippen molar-refractivity contribution in [2.75, 3.05) is 9.80 Å². The number of benzene rings is 11. The quantitative estimate of drug-likeness (QED) is 0.137. The summed E-state index contributed by atoms with van der Waals surface area (Å²) < 4.78 is 12.8. The second-order valence-corrected chi connectivity index (χ2v) is 20.8. The molecule has 0 spiro atoms. The summed E-state index contributed by atoms with van der Waals surface area (Å²) in [5.41, 5.74) is 19.2. The minimum absolute atomic E-state index is 0.395. The first kappa shape index (κ1) is 44.6. The molecule has 75 heavy (non-hydrogen) atoms. The van der Waals surface area contributed by atoms with Gasteiger partial charge in [0.05, 0.1) is 11.1 Å². The SMILES string of the molecule is CC(C)c1ccc(N(c2ccc3c(c2)C(c2ccccc2)(c2ccccc2)c2cc(N(c4ccc(C(C)C)cc4)c4ccc5oc6ccccc6c5c4)c4ccccc4c2-3)c2ccc3oc4ccccc4c3c2)cc1. The molecule has 4 nitrogen and oxygen atoms in total. The lowest BCUT2D eigenvalue weighted by atomic mass is 9.67. The predicted octanol–water partition coefficient (Wildman–Crippen LogP) is 20.2. The largest absolute Gasteiger partial charge is 0.456 e. The molecule has 0 unspecified atom stereocenters. The van der Waals surface area contributed by atoms with Crippen molar-refractivity contribution >= 4 is 88.8 Å². The molecule has 14 rings (SSSR count). The third-order valence-electron chi connectivity index (χ3n) is 15.9. The Morgan fingerprint density at radius 2 is 0.733 bits per heavy atom. The molecule has 0 N–H and O–H groups in total. The number of rotatable bonds is 10. The van der Waals surface area contributed by atoms with Crippen LogP contribution in [-0.2, 0) is 5.41 Å². The van der Waals surface area contributed by atoms with E-state index < -0.39 is 5.41 Å². The smallest absolute Gasteiger partial charge is 0.135 e. The summed E-state index contributed by atoms with van der Waals surface area (Å²) in [6.07, 6.45) is 0. The van der Waals surface area contributed by atoms with E-state index >= 15 is 0 Å². The van der Waals surface area contributed by atoms with Crippen molar-refractivity contribution in [3.05, 3.63) is 276 Å². The maximum Gasteiger partial charge on any atom is 0.135 e. The normalized spacial score (nSPS) is 12.9. The fourth-order valence-corrected chi connectivity index (χ4v) is 12.2. The van der Waals surface area contributed by atoms with Crippen LogP contribution < -0.4 is 9.80 Å². The van der Waals surface area contributed by atoms with Gasteiger partial charge in [0.1, 0.15) is 22.3 Å². The molecule has 0 bridgehead atoms. The first-order valence-electron chi connectivity index (χ1n) is 26.3. The summed E-state index contributed by atoms with van der Waals surface area (Å²) in [6, 6.07) is 89.4. The highest BCUT2D eigenvalue weighted by molar-refractivity contribution is 6.13. The van der Waals surface area contributed by atoms with Crippen LogP contribution in [0.5, 0.6) is 0 Å². The number of hydrogen-bond donors (Lipinski definition) is 0. The standard InChI is InChI=1S/C71H54N2O2/c1-45(2)47-27-31-51(32-28-47)72(53-36-39-68-61(41-53)57-22-13-15-25-66(57)74-68)55-35-38-60-63(43-55)71(49-17-7-5-8-18-49,50-19-9-6-10-20-50)64-44-65(56-21-11-12-24-59(56)70(60)64)73(52-33-29-48(30-34-52)46(3)4)54-37-40-69-62(42-54)58-23-14-16-26-67(58)75-69/h5-46H,1-4H3. The summed E-state index contributed by atoms with van der Waals surface area (Å²) in [4.78, 5) is 4.90. The molecule has 11 aromatic carbocycles. The Morgan fingerprint density at radius 1 is 0.320 bits per heavy atom. The molecule has 0 amide bonds. The van der Waals surface area contributed by atoms with Gasteiger partial charge in [-0.3, -0.25) is 0 Å². The molecule has 0 saturated heterocycles. The Morgan fingerprint density at radius 3 is 1.27 bits per heavy atom. The van der Waals surface area contributed by atoms with Crippen LogP contribution in [0, 0.1) is 0 Å². The number of para-hydroxylation sites is 2. The molecule has 0 radical (unpaired) electrons. The molecule has 2 aromatic heterocycles. The fourth-order valence-electron chi connectivity index (χ4n) is 12.2. The molecule has 360 valence electrons. The minimum Gasteiger partial charge on any atom is -0.456 e. The molecule has 0 atom stereocenters. The lowest BCUT2D eigenvalue weighted by molar-refractivity contribution is 0.668. The van der Waals surface area contributed by atoms with Crippen molar-refractivity contribution in [2.24, 2.45) is 0 Å². The highest BCUT2D eigenvalue weighted by Crippen LogP contribution is 2.61. The second kappa shape index (κ2) is 17.5. The van der Waals surface area contributed by atoms with Crippen LogP contribution in [0.1, 0.15) is 72.9 Å². The first-order chi connectivity index (χ1) is 36.8. The Kier molecular flexibility index (Phi) is 10.4. The van der Waals surface area contributed by atoms with Crippen molar-refractivity contribution < 1.29 is 8.83 Å². The van der Waals surface area contributed by atoms with E-state index in [1.165, 1.54) is 55.3 Å². The zero-order chi connectivity index (χ0) is 50.4. The third-order valence-corrected chi connectivity index (χ3v) is 15.9. The maximum atomic E-state index is 6.44. The lowest BCUT2D eigenvalue weighted by Crippen LogP contribution is -2.29. The summed E-state index contributed by atoms with van der Waals surface area (Å²) in [5.74, 6) is 0.798. The summed E-state index contributed by atoms with van der Waals surface area (Å²) in [7, 11) is 0. The zero-order valence-electron chi connectivity index (χ0n) is 42.5. The van der Waals surface area contributed by atoms with Gasteiger partial charge in [-0.1, -0.05) is 179 Å². The molecule has 2 heterocycles. The van der Waals surface area contributed by atoms with E-state index in [0.717, 1.165) is 78.0 Å². The maximum absolute atomic E-state index is 6.44. The number of hydrogen-bond acceptors (Lipinski definition) is 4. The average molecular weight is 967 g/mol. The monoisotopic (exact) mass is 966 g/mol. The third kappa shape index (κ3) is 7.04. The van der Waals surface area contributed by atoms with E-state index in [4.69, 9.17) is 8.83 Å². The van der Waals surface area contributed by atoms with Gasteiger partial charge in [0.15, 0.2) is 0 Å².